The van der Waals surface area contributed by atoms with E-state index in [1.807, 2.05) is 0 Å². The quantitative estimate of drug-likeness (QED) is 0.707. The highest BCUT2D eigenvalue weighted by Gasteiger charge is 2.38. The van der Waals surface area contributed by atoms with Gasteiger partial charge in [0.15, 0.2) is 0 Å². The number of carbonyl (C=O) groups is 1. The molecule has 0 unspecified atom stereocenters. The summed E-state index contributed by atoms with van der Waals surface area (Å²) >= 11 is 5.04. The Kier molecular flexibility index (Phi) is 3.90. The monoisotopic (exact) mass is 230 g/mol. The van der Waals surface area contributed by atoms with Crippen LogP contribution < -0.4 is 11.1 Å². The molecule has 15 heavy (non-hydrogen) atoms. The van der Waals surface area contributed by atoms with Gasteiger partial charge in [0.1, 0.15) is 0 Å². The Labute approximate surface area is 95.5 Å². The Morgan fingerprint density at radius 1 is 1.53 bits per heavy atom. The summed E-state index contributed by atoms with van der Waals surface area (Å²) in [6.07, 6.45) is 3.21. The van der Waals surface area contributed by atoms with Gasteiger partial charge in [0.25, 0.3) is 0 Å². The molecule has 0 bridgehead atoms. The standard InChI is InChI=1S/C10H18N2O2S/c1-7-3-5-10(6-4-7,8(11)15)12-9(13)14-2/h7H,3-6H2,1-2H3,(H2,11,15)(H,12,13). The van der Waals surface area contributed by atoms with Gasteiger partial charge in [-0.1, -0.05) is 19.1 Å². The Hall–Kier alpha value is -0.840. The van der Waals surface area contributed by atoms with Crippen LogP contribution in [0.2, 0.25) is 0 Å². The normalized spacial score (nSPS) is 30.7. The van der Waals surface area contributed by atoms with Crippen LogP contribution in [-0.4, -0.2) is 23.7 Å². The first-order valence-corrected chi connectivity index (χ1v) is 5.57. The average Bonchev–Trinajstić information content (AvgIpc) is 2.21. The lowest BCUT2D eigenvalue weighted by Gasteiger charge is -2.38. The first-order valence-electron chi connectivity index (χ1n) is 5.16. The molecule has 3 N–H and O–H groups in total. The van der Waals surface area contributed by atoms with Gasteiger partial charge in [0.05, 0.1) is 17.6 Å². The summed E-state index contributed by atoms with van der Waals surface area (Å²) in [4.78, 5) is 11.6. The van der Waals surface area contributed by atoms with Gasteiger partial charge in [-0.2, -0.15) is 0 Å². The molecule has 86 valence electrons. The minimum absolute atomic E-state index is 0.361. The van der Waals surface area contributed by atoms with Crippen molar-refractivity contribution >= 4 is 23.3 Å². The van der Waals surface area contributed by atoms with E-state index in [-0.39, 0.29) is 0 Å². The van der Waals surface area contributed by atoms with Crippen molar-refractivity contribution in [1.29, 1.82) is 0 Å². The lowest BCUT2D eigenvalue weighted by atomic mass is 9.77. The number of nitrogens with one attached hydrogen (secondary N) is 1. The number of nitrogens with two attached hydrogens (primary N) is 1. The Morgan fingerprint density at radius 3 is 2.47 bits per heavy atom. The number of methoxy groups -OCH3 is 1. The number of alkyl carbamates (subject to hydrolysis) is 1. The van der Waals surface area contributed by atoms with E-state index in [0.717, 1.165) is 25.7 Å². The van der Waals surface area contributed by atoms with Crippen LogP contribution in [0, 0.1) is 5.92 Å². The fourth-order valence-corrected chi connectivity index (χ4v) is 2.19. The predicted octanol–water partition coefficient (Wildman–Crippen LogP) is 1.58. The van der Waals surface area contributed by atoms with E-state index >= 15 is 0 Å². The van der Waals surface area contributed by atoms with Crippen molar-refractivity contribution < 1.29 is 9.53 Å². The van der Waals surface area contributed by atoms with Gasteiger partial charge >= 0.3 is 6.09 Å². The molecule has 0 aliphatic heterocycles. The van der Waals surface area contributed by atoms with Gasteiger partial charge in [0.2, 0.25) is 0 Å². The molecule has 1 aliphatic rings. The van der Waals surface area contributed by atoms with Gasteiger partial charge in [-0.3, -0.25) is 0 Å². The van der Waals surface area contributed by atoms with Crippen LogP contribution in [0.15, 0.2) is 0 Å². The highest BCUT2D eigenvalue weighted by Crippen LogP contribution is 2.32. The highest BCUT2D eigenvalue weighted by atomic mass is 32.1. The molecule has 4 nitrogen and oxygen atoms in total. The molecule has 1 aliphatic carbocycles. The van der Waals surface area contributed by atoms with Crippen molar-refractivity contribution in [3.05, 3.63) is 0 Å². The van der Waals surface area contributed by atoms with Gasteiger partial charge in [-0.15, -0.1) is 0 Å². The first kappa shape index (κ1) is 12.2. The minimum Gasteiger partial charge on any atom is -0.453 e. The zero-order valence-corrected chi connectivity index (χ0v) is 10.0. The van der Waals surface area contributed by atoms with Crippen molar-refractivity contribution in [2.45, 2.75) is 38.1 Å². The van der Waals surface area contributed by atoms with Gasteiger partial charge in [-0.25, -0.2) is 4.79 Å². The topological polar surface area (TPSA) is 64.3 Å². The summed E-state index contributed by atoms with van der Waals surface area (Å²) in [5, 5.41) is 2.77. The molecular weight excluding hydrogens is 212 g/mol. The average molecular weight is 230 g/mol. The lowest BCUT2D eigenvalue weighted by Crippen LogP contribution is -2.58. The number of thiocarbonyl (C=S) groups is 1. The van der Waals surface area contributed by atoms with E-state index in [0.29, 0.717) is 10.9 Å². The Balaban J connectivity index is 2.71. The fourth-order valence-electron chi connectivity index (χ4n) is 1.93. The maximum absolute atomic E-state index is 11.2. The maximum Gasteiger partial charge on any atom is 0.407 e. The fraction of sp³-hybridized carbons (Fsp3) is 0.800. The van der Waals surface area contributed by atoms with Crippen LogP contribution >= 0.6 is 12.2 Å². The molecule has 0 radical (unpaired) electrons. The molecule has 0 atom stereocenters. The van der Waals surface area contributed by atoms with E-state index in [1.54, 1.807) is 0 Å². The van der Waals surface area contributed by atoms with Gasteiger partial charge < -0.3 is 15.8 Å². The Bertz CT molecular complexity index is 260. The highest BCUT2D eigenvalue weighted by molar-refractivity contribution is 7.80. The molecule has 1 fully saturated rings. The van der Waals surface area contributed by atoms with Crippen LogP contribution in [0.1, 0.15) is 32.6 Å². The van der Waals surface area contributed by atoms with Crippen molar-refractivity contribution in [3.8, 4) is 0 Å². The zero-order valence-electron chi connectivity index (χ0n) is 9.21. The number of hydrogen-bond donors (Lipinski definition) is 2. The molecule has 5 heteroatoms. The Morgan fingerprint density at radius 2 is 2.07 bits per heavy atom. The zero-order chi connectivity index (χ0) is 11.5. The first-order chi connectivity index (χ1) is 7.00. The molecule has 1 rings (SSSR count). The van der Waals surface area contributed by atoms with E-state index in [2.05, 4.69) is 17.0 Å². The number of rotatable bonds is 2. The SMILES string of the molecule is COC(=O)NC1(C(N)=S)CCC(C)CC1. The smallest absolute Gasteiger partial charge is 0.407 e. The second-order valence-corrected chi connectivity index (χ2v) is 4.69. The van der Waals surface area contributed by atoms with E-state index in [4.69, 9.17) is 18.0 Å². The van der Waals surface area contributed by atoms with Gasteiger partial charge in [0, 0.05) is 0 Å². The third-order valence-electron chi connectivity index (χ3n) is 3.13. The molecule has 1 amide bonds. The van der Waals surface area contributed by atoms with E-state index in [1.165, 1.54) is 7.11 Å². The van der Waals surface area contributed by atoms with E-state index in [9.17, 15) is 4.79 Å². The molecule has 0 aromatic rings. The van der Waals surface area contributed by atoms with Crippen LogP contribution in [0.5, 0.6) is 0 Å². The molecular formula is C10H18N2O2S. The molecule has 0 saturated heterocycles. The molecule has 0 spiro atoms. The van der Waals surface area contributed by atoms with Crippen molar-refractivity contribution in [3.63, 3.8) is 0 Å². The third-order valence-corrected chi connectivity index (χ3v) is 3.52. The molecule has 0 heterocycles. The number of carbonyl (C=O) groups excluding carboxylic acids is 1. The third kappa shape index (κ3) is 2.81. The van der Waals surface area contributed by atoms with Crippen molar-refractivity contribution in [1.82, 2.24) is 5.32 Å². The number of ether oxygens (including phenoxy) is 1. The second-order valence-electron chi connectivity index (χ2n) is 4.25. The van der Waals surface area contributed by atoms with Crippen LogP contribution in [0.4, 0.5) is 4.79 Å². The van der Waals surface area contributed by atoms with Crippen molar-refractivity contribution in [2.24, 2.45) is 11.7 Å². The van der Waals surface area contributed by atoms with Crippen LogP contribution in [-0.2, 0) is 4.74 Å². The number of hydrogen-bond acceptors (Lipinski definition) is 3. The number of amides is 1. The second kappa shape index (κ2) is 4.79. The molecule has 0 aromatic carbocycles. The largest absolute Gasteiger partial charge is 0.453 e. The predicted molar refractivity (Wildman–Crippen MR) is 62.7 cm³/mol. The molecule has 1 saturated carbocycles. The summed E-state index contributed by atoms with van der Waals surface area (Å²) in [7, 11) is 1.34. The molecule has 0 aromatic heterocycles. The summed E-state index contributed by atoms with van der Waals surface area (Å²) in [5.74, 6) is 0.673. The van der Waals surface area contributed by atoms with Crippen LogP contribution in [0.25, 0.3) is 0 Å². The lowest BCUT2D eigenvalue weighted by molar-refractivity contribution is 0.153. The summed E-state index contributed by atoms with van der Waals surface area (Å²) in [6, 6.07) is 0. The summed E-state index contributed by atoms with van der Waals surface area (Å²) < 4.78 is 4.59. The summed E-state index contributed by atoms with van der Waals surface area (Å²) in [5.41, 5.74) is 5.18. The minimum atomic E-state index is -0.533. The van der Waals surface area contributed by atoms with Crippen LogP contribution in [0.3, 0.4) is 0 Å². The van der Waals surface area contributed by atoms with Crippen molar-refractivity contribution in [2.75, 3.05) is 7.11 Å². The maximum atomic E-state index is 11.2. The summed E-state index contributed by atoms with van der Waals surface area (Å²) in [6.45, 7) is 2.20. The van der Waals surface area contributed by atoms with Gasteiger partial charge in [-0.05, 0) is 31.6 Å². The van der Waals surface area contributed by atoms with E-state index < -0.39 is 11.6 Å².